The van der Waals surface area contributed by atoms with E-state index in [0.717, 1.165) is 19.4 Å². The lowest BCUT2D eigenvalue weighted by molar-refractivity contribution is -0.151. The van der Waals surface area contributed by atoms with Crippen molar-refractivity contribution in [1.29, 1.82) is 0 Å². The summed E-state index contributed by atoms with van der Waals surface area (Å²) in [5.41, 5.74) is 10.6. The first-order valence-electron chi connectivity index (χ1n) is 8.14. The molecule has 0 aliphatic carbocycles. The van der Waals surface area contributed by atoms with E-state index in [1.165, 1.54) is 0 Å². The number of nitrogens with one attached hydrogen (secondary N) is 1. The van der Waals surface area contributed by atoms with Crippen molar-refractivity contribution in [1.82, 2.24) is 5.32 Å². The van der Waals surface area contributed by atoms with E-state index < -0.39 is 0 Å². The maximum absolute atomic E-state index is 11.1. The zero-order chi connectivity index (χ0) is 17.6. The second-order valence-electron chi connectivity index (χ2n) is 7.81. The van der Waals surface area contributed by atoms with Crippen LogP contribution in [0.5, 0.6) is 0 Å². The van der Waals surface area contributed by atoms with Crippen LogP contribution < -0.4 is 16.8 Å². The molecule has 0 spiro atoms. The molecule has 5 heteroatoms. The summed E-state index contributed by atoms with van der Waals surface area (Å²) in [6.45, 7) is 17.2. The minimum Gasteiger partial charge on any atom is -0.461 e. The normalized spacial score (nSPS) is 22.9. The van der Waals surface area contributed by atoms with Crippen LogP contribution in [0.4, 0.5) is 0 Å². The molecule has 0 aromatic rings. The highest BCUT2D eigenvalue weighted by Gasteiger charge is 2.39. The van der Waals surface area contributed by atoms with Gasteiger partial charge < -0.3 is 21.5 Å². The summed E-state index contributed by atoms with van der Waals surface area (Å²) in [5, 5.41) is 3.53. The number of hydrogen-bond donors (Lipinski definition) is 3. The van der Waals surface area contributed by atoms with Gasteiger partial charge in [0.1, 0.15) is 6.10 Å². The van der Waals surface area contributed by atoms with Crippen LogP contribution in [-0.2, 0) is 9.53 Å². The number of rotatable bonds is 4. The SMILES string of the molecule is CC1(C)CC(OC(=O)CN)CC(C)(C)N1.[CH2+]C(C)C(C)CN. The average Bonchev–Trinajstić information content (AvgIpc) is 2.34. The number of esters is 1. The largest absolute Gasteiger partial charge is 0.461 e. The third-order valence-electron chi connectivity index (χ3n) is 3.96. The topological polar surface area (TPSA) is 90.4 Å². The molecule has 1 fully saturated rings. The van der Waals surface area contributed by atoms with E-state index in [1.54, 1.807) is 0 Å². The molecule has 0 radical (unpaired) electrons. The number of piperidine rings is 1. The van der Waals surface area contributed by atoms with E-state index in [1.807, 2.05) is 0 Å². The second kappa shape index (κ2) is 8.75. The fraction of sp³-hybridized carbons (Fsp3) is 0.882. The van der Waals surface area contributed by atoms with Gasteiger partial charge in [0.05, 0.1) is 19.4 Å². The molecule has 1 saturated heterocycles. The molecule has 2 atom stereocenters. The van der Waals surface area contributed by atoms with E-state index in [4.69, 9.17) is 16.2 Å². The Morgan fingerprint density at radius 2 is 1.68 bits per heavy atom. The summed E-state index contributed by atoms with van der Waals surface area (Å²) in [4.78, 5) is 11.1. The van der Waals surface area contributed by atoms with Crippen LogP contribution in [0.2, 0.25) is 0 Å². The van der Waals surface area contributed by atoms with Crippen LogP contribution in [0, 0.1) is 18.8 Å². The maximum Gasteiger partial charge on any atom is 0.319 e. The quantitative estimate of drug-likeness (QED) is 0.544. The Labute approximate surface area is 136 Å². The van der Waals surface area contributed by atoms with Crippen molar-refractivity contribution in [3.05, 3.63) is 6.92 Å². The Bertz CT molecular complexity index is 325. The molecule has 22 heavy (non-hydrogen) atoms. The van der Waals surface area contributed by atoms with Gasteiger partial charge >= 0.3 is 5.97 Å². The first-order chi connectivity index (χ1) is 9.92. The van der Waals surface area contributed by atoms with Crippen LogP contribution in [-0.4, -0.2) is 36.2 Å². The highest BCUT2D eigenvalue weighted by molar-refractivity contribution is 5.71. The lowest BCUT2D eigenvalue weighted by atomic mass is 9.81. The Morgan fingerprint density at radius 3 is 1.95 bits per heavy atom. The van der Waals surface area contributed by atoms with Crippen molar-refractivity contribution >= 4 is 5.97 Å². The van der Waals surface area contributed by atoms with Gasteiger partial charge in [0.25, 0.3) is 0 Å². The molecular weight excluding hydrogens is 278 g/mol. The molecule has 5 N–H and O–H groups in total. The van der Waals surface area contributed by atoms with Crippen LogP contribution in [0.3, 0.4) is 0 Å². The minimum atomic E-state index is -0.312. The number of ether oxygens (including phenoxy) is 1. The summed E-state index contributed by atoms with van der Waals surface area (Å²) in [7, 11) is 0. The fourth-order valence-corrected chi connectivity index (χ4v) is 2.78. The van der Waals surface area contributed by atoms with Gasteiger partial charge in [-0.25, -0.2) is 0 Å². The van der Waals surface area contributed by atoms with Crippen molar-refractivity contribution in [2.45, 2.75) is 71.6 Å². The molecule has 1 aliphatic rings. The molecule has 1 aliphatic heterocycles. The number of nitrogens with two attached hydrogens (primary N) is 2. The molecule has 5 nitrogen and oxygen atoms in total. The predicted octanol–water partition coefficient (Wildman–Crippen LogP) is 1.85. The number of carbonyl (C=O) groups is 1. The lowest BCUT2D eigenvalue weighted by Gasteiger charge is -2.45. The van der Waals surface area contributed by atoms with Crippen LogP contribution in [0.25, 0.3) is 0 Å². The van der Waals surface area contributed by atoms with Gasteiger partial charge in [-0.05, 0) is 41.2 Å². The zero-order valence-electron chi connectivity index (χ0n) is 15.2. The molecule has 1 rings (SSSR count). The molecule has 0 aromatic carbocycles. The predicted molar refractivity (Wildman–Crippen MR) is 92.2 cm³/mol. The molecule has 0 aromatic heterocycles. The van der Waals surface area contributed by atoms with E-state index in [0.29, 0.717) is 11.8 Å². The van der Waals surface area contributed by atoms with Crippen LogP contribution >= 0.6 is 0 Å². The molecule has 0 bridgehead atoms. The highest BCUT2D eigenvalue weighted by atomic mass is 16.5. The number of hydrogen-bond acceptors (Lipinski definition) is 5. The van der Waals surface area contributed by atoms with E-state index in [9.17, 15) is 4.79 Å². The van der Waals surface area contributed by atoms with Gasteiger partial charge in [0, 0.05) is 29.8 Å². The fourth-order valence-electron chi connectivity index (χ4n) is 2.78. The van der Waals surface area contributed by atoms with Gasteiger partial charge in [0.2, 0.25) is 0 Å². The molecule has 2 unspecified atom stereocenters. The van der Waals surface area contributed by atoms with Crippen LogP contribution in [0.15, 0.2) is 0 Å². The standard InChI is InChI=1S/C11H22N2O2.C6H14N/c1-10(2)5-8(15-9(14)7-12)6-11(3,4)13-10;1-5(2)6(3)4-7/h8,13H,5-7,12H2,1-4H3;5-6H,1,4,7H2,2-3H3/q;+1. The van der Waals surface area contributed by atoms with E-state index >= 15 is 0 Å². The summed E-state index contributed by atoms with van der Waals surface area (Å²) in [6.07, 6.45) is 1.65. The summed E-state index contributed by atoms with van der Waals surface area (Å²) in [5.74, 6) is 0.749. The summed E-state index contributed by atoms with van der Waals surface area (Å²) < 4.78 is 5.31. The van der Waals surface area contributed by atoms with Crippen molar-refractivity contribution in [3.63, 3.8) is 0 Å². The zero-order valence-corrected chi connectivity index (χ0v) is 15.2. The maximum atomic E-state index is 11.1. The smallest absolute Gasteiger partial charge is 0.319 e. The van der Waals surface area contributed by atoms with Crippen molar-refractivity contribution in [2.75, 3.05) is 13.1 Å². The van der Waals surface area contributed by atoms with Crippen molar-refractivity contribution in [2.24, 2.45) is 23.3 Å². The van der Waals surface area contributed by atoms with Gasteiger partial charge in [-0.15, -0.1) is 0 Å². The average molecular weight is 314 g/mol. The Morgan fingerprint density at radius 1 is 1.23 bits per heavy atom. The number of carbonyl (C=O) groups excluding carboxylic acids is 1. The van der Waals surface area contributed by atoms with Gasteiger partial charge in [-0.3, -0.25) is 4.79 Å². The van der Waals surface area contributed by atoms with Gasteiger partial charge in [0.15, 0.2) is 0 Å². The second-order valence-corrected chi connectivity index (χ2v) is 7.81. The molecule has 0 saturated carbocycles. The monoisotopic (exact) mass is 314 g/mol. The van der Waals surface area contributed by atoms with Crippen molar-refractivity contribution in [3.8, 4) is 0 Å². The first-order valence-corrected chi connectivity index (χ1v) is 8.14. The molecule has 0 amide bonds. The van der Waals surface area contributed by atoms with Gasteiger partial charge in [-0.1, -0.05) is 6.92 Å². The van der Waals surface area contributed by atoms with E-state index in [2.05, 4.69) is 53.8 Å². The van der Waals surface area contributed by atoms with Crippen LogP contribution in [0.1, 0.15) is 54.4 Å². The Kier molecular flexibility index (Phi) is 8.44. The molecule has 1 heterocycles. The Hall–Kier alpha value is -0.780. The highest BCUT2D eigenvalue weighted by Crippen LogP contribution is 2.30. The Balaban J connectivity index is 0.000000534. The lowest BCUT2D eigenvalue weighted by Crippen LogP contribution is -2.59. The van der Waals surface area contributed by atoms with Gasteiger partial charge in [-0.2, -0.15) is 0 Å². The van der Waals surface area contributed by atoms with Crippen molar-refractivity contribution < 1.29 is 9.53 Å². The minimum absolute atomic E-state index is 0.00128. The third kappa shape index (κ3) is 8.61. The third-order valence-corrected chi connectivity index (χ3v) is 3.96. The summed E-state index contributed by atoms with van der Waals surface area (Å²) in [6, 6.07) is 0. The summed E-state index contributed by atoms with van der Waals surface area (Å²) >= 11 is 0. The first kappa shape index (κ1) is 21.2. The molecular formula is C17H36N3O2+. The molecule has 130 valence electrons. The van der Waals surface area contributed by atoms with E-state index in [-0.39, 0.29) is 29.7 Å².